The molecule has 0 radical (unpaired) electrons. The highest BCUT2D eigenvalue weighted by atomic mass is 16.4. The standard InChI is InChI=1S/C14H16N4O2/c15-13(14(19)20)7-11-8-18(17-16-11)12-5-4-9-2-1-3-10(9)6-12/h4-6,8,13H,1-3,7,15H2,(H,19,20). The van der Waals surface area contributed by atoms with E-state index < -0.39 is 12.0 Å². The van der Waals surface area contributed by atoms with Crippen molar-refractivity contribution in [1.29, 1.82) is 0 Å². The Bertz CT molecular complexity index is 650. The van der Waals surface area contributed by atoms with Crippen molar-refractivity contribution in [2.24, 2.45) is 5.73 Å². The molecule has 0 fully saturated rings. The fourth-order valence-electron chi connectivity index (χ4n) is 2.53. The average molecular weight is 272 g/mol. The summed E-state index contributed by atoms with van der Waals surface area (Å²) in [6.45, 7) is 0. The zero-order valence-electron chi connectivity index (χ0n) is 11.0. The Morgan fingerprint density at radius 2 is 2.20 bits per heavy atom. The molecule has 3 rings (SSSR count). The maximum absolute atomic E-state index is 10.7. The molecule has 20 heavy (non-hydrogen) atoms. The molecule has 1 unspecified atom stereocenters. The van der Waals surface area contributed by atoms with Gasteiger partial charge < -0.3 is 10.8 Å². The summed E-state index contributed by atoms with van der Waals surface area (Å²) in [5, 5.41) is 16.8. The third kappa shape index (κ3) is 2.42. The van der Waals surface area contributed by atoms with Crippen molar-refractivity contribution in [1.82, 2.24) is 15.0 Å². The van der Waals surface area contributed by atoms with Gasteiger partial charge in [-0.15, -0.1) is 5.10 Å². The van der Waals surface area contributed by atoms with E-state index in [1.54, 1.807) is 10.9 Å². The molecule has 3 N–H and O–H groups in total. The van der Waals surface area contributed by atoms with Crippen LogP contribution in [0, 0.1) is 0 Å². The molecule has 0 amide bonds. The summed E-state index contributed by atoms with van der Waals surface area (Å²) in [6, 6.07) is 5.32. The van der Waals surface area contributed by atoms with Crippen molar-refractivity contribution in [2.75, 3.05) is 0 Å². The van der Waals surface area contributed by atoms with Crippen LogP contribution in [-0.2, 0) is 24.1 Å². The largest absolute Gasteiger partial charge is 0.480 e. The number of aryl methyl sites for hydroxylation is 2. The maximum atomic E-state index is 10.7. The van der Waals surface area contributed by atoms with Gasteiger partial charge >= 0.3 is 5.97 Å². The molecule has 0 bridgehead atoms. The quantitative estimate of drug-likeness (QED) is 0.855. The highest BCUT2D eigenvalue weighted by Crippen LogP contribution is 2.24. The average Bonchev–Trinajstić information content (AvgIpc) is 3.05. The van der Waals surface area contributed by atoms with E-state index in [-0.39, 0.29) is 6.42 Å². The van der Waals surface area contributed by atoms with Gasteiger partial charge in [0.25, 0.3) is 0 Å². The number of carboxylic acids is 1. The molecule has 0 aliphatic heterocycles. The molecule has 0 saturated heterocycles. The zero-order chi connectivity index (χ0) is 14.1. The van der Waals surface area contributed by atoms with Crippen LogP contribution in [0.25, 0.3) is 5.69 Å². The number of hydrogen-bond acceptors (Lipinski definition) is 4. The number of fused-ring (bicyclic) bond motifs is 1. The van der Waals surface area contributed by atoms with Gasteiger partial charge in [0.1, 0.15) is 6.04 Å². The number of hydrogen-bond donors (Lipinski definition) is 2. The minimum Gasteiger partial charge on any atom is -0.480 e. The number of nitrogens with zero attached hydrogens (tertiary/aromatic N) is 3. The van der Waals surface area contributed by atoms with E-state index in [9.17, 15) is 4.79 Å². The van der Waals surface area contributed by atoms with Crippen molar-refractivity contribution in [3.8, 4) is 5.69 Å². The lowest BCUT2D eigenvalue weighted by Crippen LogP contribution is -2.32. The Morgan fingerprint density at radius 1 is 1.40 bits per heavy atom. The molecule has 104 valence electrons. The highest BCUT2D eigenvalue weighted by molar-refractivity contribution is 5.73. The first-order chi connectivity index (χ1) is 9.63. The van der Waals surface area contributed by atoms with Crippen LogP contribution < -0.4 is 5.73 Å². The SMILES string of the molecule is NC(Cc1cn(-c2ccc3c(c2)CCC3)nn1)C(=O)O. The maximum Gasteiger partial charge on any atom is 0.320 e. The number of aromatic nitrogens is 3. The number of carboxylic acid groups (broad SMARTS) is 1. The summed E-state index contributed by atoms with van der Waals surface area (Å²) in [7, 11) is 0. The summed E-state index contributed by atoms with van der Waals surface area (Å²) >= 11 is 0. The first kappa shape index (κ1) is 12.8. The fraction of sp³-hybridized carbons (Fsp3) is 0.357. The molecule has 0 spiro atoms. The Hall–Kier alpha value is -2.21. The van der Waals surface area contributed by atoms with Crippen LogP contribution in [0.2, 0.25) is 0 Å². The van der Waals surface area contributed by atoms with E-state index in [0.29, 0.717) is 5.69 Å². The minimum absolute atomic E-state index is 0.181. The first-order valence-corrected chi connectivity index (χ1v) is 6.65. The highest BCUT2D eigenvalue weighted by Gasteiger charge is 2.16. The van der Waals surface area contributed by atoms with E-state index in [1.807, 2.05) is 6.07 Å². The van der Waals surface area contributed by atoms with Crippen LogP contribution in [0.15, 0.2) is 24.4 Å². The van der Waals surface area contributed by atoms with Gasteiger partial charge in [0.05, 0.1) is 17.6 Å². The number of nitrogens with two attached hydrogens (primary N) is 1. The molecule has 1 aromatic carbocycles. The zero-order valence-corrected chi connectivity index (χ0v) is 11.0. The van der Waals surface area contributed by atoms with Crippen LogP contribution in [0.4, 0.5) is 0 Å². The molecular formula is C14H16N4O2. The van der Waals surface area contributed by atoms with Crippen molar-refractivity contribution in [3.05, 3.63) is 41.2 Å². The molecule has 1 heterocycles. The number of aliphatic carboxylic acids is 1. The van der Waals surface area contributed by atoms with E-state index in [0.717, 1.165) is 18.5 Å². The first-order valence-electron chi connectivity index (χ1n) is 6.65. The van der Waals surface area contributed by atoms with E-state index in [2.05, 4.69) is 22.4 Å². The van der Waals surface area contributed by atoms with Gasteiger partial charge in [-0.2, -0.15) is 0 Å². The number of carbonyl (C=O) groups is 1. The van der Waals surface area contributed by atoms with Gasteiger partial charge in [0.15, 0.2) is 0 Å². The van der Waals surface area contributed by atoms with Crippen molar-refractivity contribution < 1.29 is 9.90 Å². The van der Waals surface area contributed by atoms with Gasteiger partial charge in [-0.1, -0.05) is 11.3 Å². The molecule has 6 nitrogen and oxygen atoms in total. The Balaban J connectivity index is 1.81. The van der Waals surface area contributed by atoms with Crippen molar-refractivity contribution >= 4 is 5.97 Å². The summed E-state index contributed by atoms with van der Waals surface area (Å²) in [5.74, 6) is -1.03. The molecule has 6 heteroatoms. The summed E-state index contributed by atoms with van der Waals surface area (Å²) in [4.78, 5) is 10.7. The molecular weight excluding hydrogens is 256 g/mol. The predicted molar refractivity (Wildman–Crippen MR) is 72.7 cm³/mol. The van der Waals surface area contributed by atoms with Crippen LogP contribution in [0.5, 0.6) is 0 Å². The summed E-state index contributed by atoms with van der Waals surface area (Å²) in [5.41, 5.74) is 9.80. The van der Waals surface area contributed by atoms with Crippen LogP contribution in [0.3, 0.4) is 0 Å². The Labute approximate surface area is 116 Å². The Morgan fingerprint density at radius 3 is 3.00 bits per heavy atom. The molecule has 2 aromatic rings. The number of rotatable bonds is 4. The van der Waals surface area contributed by atoms with Gasteiger partial charge in [-0.05, 0) is 42.5 Å². The van der Waals surface area contributed by atoms with Crippen molar-refractivity contribution in [3.63, 3.8) is 0 Å². The molecule has 0 saturated carbocycles. The number of benzene rings is 1. The lowest BCUT2D eigenvalue weighted by atomic mass is 10.1. The topological polar surface area (TPSA) is 94.0 Å². The molecule has 1 aliphatic carbocycles. The second-order valence-electron chi connectivity index (χ2n) is 5.11. The van der Waals surface area contributed by atoms with E-state index in [1.165, 1.54) is 17.5 Å². The summed E-state index contributed by atoms with van der Waals surface area (Å²) < 4.78 is 1.67. The fourth-order valence-corrected chi connectivity index (χ4v) is 2.53. The Kier molecular flexibility index (Phi) is 3.23. The van der Waals surface area contributed by atoms with Crippen LogP contribution >= 0.6 is 0 Å². The molecule has 1 aromatic heterocycles. The predicted octanol–water partition coefficient (Wildman–Crippen LogP) is 0.710. The van der Waals surface area contributed by atoms with Gasteiger partial charge in [-0.3, -0.25) is 4.79 Å². The second kappa shape index (κ2) is 5.05. The monoisotopic (exact) mass is 272 g/mol. The summed E-state index contributed by atoms with van der Waals surface area (Å²) in [6.07, 6.45) is 5.37. The molecule has 1 aliphatic rings. The smallest absolute Gasteiger partial charge is 0.320 e. The van der Waals surface area contributed by atoms with Crippen LogP contribution in [0.1, 0.15) is 23.2 Å². The second-order valence-corrected chi connectivity index (χ2v) is 5.11. The normalized spacial score (nSPS) is 15.1. The van der Waals surface area contributed by atoms with Gasteiger partial charge in [0.2, 0.25) is 0 Å². The minimum atomic E-state index is -1.03. The van der Waals surface area contributed by atoms with E-state index in [4.69, 9.17) is 10.8 Å². The van der Waals surface area contributed by atoms with Gasteiger partial charge in [-0.25, -0.2) is 4.68 Å². The third-order valence-electron chi connectivity index (χ3n) is 3.63. The lowest BCUT2D eigenvalue weighted by Gasteiger charge is -2.04. The van der Waals surface area contributed by atoms with Gasteiger partial charge in [0, 0.05) is 6.42 Å². The van der Waals surface area contributed by atoms with Crippen molar-refractivity contribution in [2.45, 2.75) is 31.7 Å². The lowest BCUT2D eigenvalue weighted by molar-refractivity contribution is -0.138. The van der Waals surface area contributed by atoms with Crippen LogP contribution in [-0.4, -0.2) is 32.1 Å². The third-order valence-corrected chi connectivity index (χ3v) is 3.63. The van der Waals surface area contributed by atoms with E-state index >= 15 is 0 Å². The molecule has 1 atom stereocenters.